The molecule has 0 aliphatic heterocycles. The maximum atomic E-state index is 13.1. The van der Waals surface area contributed by atoms with Gasteiger partial charge in [0.05, 0.1) is 10.7 Å². The van der Waals surface area contributed by atoms with Crippen LogP contribution in [0.2, 0.25) is 5.02 Å². The molecule has 0 radical (unpaired) electrons. The van der Waals surface area contributed by atoms with Crippen molar-refractivity contribution in [3.63, 3.8) is 0 Å². The molecular weight excluding hydrogens is 258 g/mol. The van der Waals surface area contributed by atoms with Crippen LogP contribution in [0.25, 0.3) is 16.9 Å². The number of fused-ring (bicyclic) bond motifs is 1. The Morgan fingerprint density at radius 2 is 1.89 bits per heavy atom. The average Bonchev–Trinajstić information content (AvgIpc) is 2.75. The molecule has 0 saturated carbocycles. The van der Waals surface area contributed by atoms with Crippen molar-refractivity contribution in [3.8, 4) is 11.3 Å². The van der Waals surface area contributed by atoms with E-state index in [0.29, 0.717) is 16.9 Å². The monoisotopic (exact) mass is 264 g/mol. The zero-order valence-corrected chi connectivity index (χ0v) is 9.83. The van der Waals surface area contributed by atoms with Crippen molar-refractivity contribution in [1.29, 1.82) is 0 Å². The van der Waals surface area contributed by atoms with Crippen LogP contribution in [0, 0.1) is 11.6 Å². The first kappa shape index (κ1) is 11.2. The van der Waals surface area contributed by atoms with E-state index in [4.69, 9.17) is 11.6 Å². The van der Waals surface area contributed by atoms with E-state index in [0.717, 1.165) is 0 Å². The number of pyridine rings is 1. The third kappa shape index (κ3) is 1.84. The van der Waals surface area contributed by atoms with Gasteiger partial charge in [-0.3, -0.25) is 0 Å². The van der Waals surface area contributed by atoms with E-state index in [1.165, 1.54) is 24.4 Å². The Balaban J connectivity index is 2.16. The van der Waals surface area contributed by atoms with Crippen LogP contribution < -0.4 is 0 Å². The van der Waals surface area contributed by atoms with Gasteiger partial charge in [-0.2, -0.15) is 0 Å². The van der Waals surface area contributed by atoms with Crippen LogP contribution in [-0.2, 0) is 0 Å². The number of hydrogen-bond donors (Lipinski definition) is 0. The molecule has 0 aliphatic carbocycles. The van der Waals surface area contributed by atoms with E-state index in [1.807, 2.05) is 0 Å². The highest BCUT2D eigenvalue weighted by molar-refractivity contribution is 6.31. The van der Waals surface area contributed by atoms with Crippen molar-refractivity contribution >= 4 is 17.2 Å². The minimum absolute atomic E-state index is 0.0377. The van der Waals surface area contributed by atoms with Gasteiger partial charge in [0.1, 0.15) is 17.3 Å². The lowest BCUT2D eigenvalue weighted by atomic mass is 10.2. The molecule has 0 amide bonds. The van der Waals surface area contributed by atoms with Crippen LogP contribution in [0.15, 0.2) is 42.7 Å². The molecule has 3 aromatic rings. The molecular formula is C13H7ClF2N2. The second kappa shape index (κ2) is 4.07. The highest BCUT2D eigenvalue weighted by Crippen LogP contribution is 2.24. The third-order valence-electron chi connectivity index (χ3n) is 2.63. The van der Waals surface area contributed by atoms with Crippen LogP contribution in [0.4, 0.5) is 8.78 Å². The van der Waals surface area contributed by atoms with E-state index in [-0.39, 0.29) is 10.8 Å². The van der Waals surface area contributed by atoms with Gasteiger partial charge >= 0.3 is 0 Å². The van der Waals surface area contributed by atoms with Crippen LogP contribution in [0.5, 0.6) is 0 Å². The fraction of sp³-hybridized carbons (Fsp3) is 0. The second-order valence-corrected chi connectivity index (χ2v) is 4.28. The molecule has 0 unspecified atom stereocenters. The number of aromatic nitrogens is 2. The zero-order chi connectivity index (χ0) is 12.7. The van der Waals surface area contributed by atoms with Crippen molar-refractivity contribution in [1.82, 2.24) is 9.38 Å². The molecule has 2 heterocycles. The molecule has 90 valence electrons. The molecule has 3 rings (SSSR count). The minimum Gasteiger partial charge on any atom is -0.304 e. The Kier molecular flexibility index (Phi) is 2.52. The van der Waals surface area contributed by atoms with E-state index in [2.05, 4.69) is 4.98 Å². The van der Waals surface area contributed by atoms with Gasteiger partial charge in [0.15, 0.2) is 0 Å². The second-order valence-electron chi connectivity index (χ2n) is 3.87. The van der Waals surface area contributed by atoms with E-state index < -0.39 is 5.82 Å². The van der Waals surface area contributed by atoms with Gasteiger partial charge in [-0.05, 0) is 30.3 Å². The molecule has 0 spiro atoms. The van der Waals surface area contributed by atoms with Gasteiger partial charge in [-0.25, -0.2) is 13.8 Å². The van der Waals surface area contributed by atoms with Crippen molar-refractivity contribution < 1.29 is 8.78 Å². The summed E-state index contributed by atoms with van der Waals surface area (Å²) in [7, 11) is 0. The smallest absolute Gasteiger partial charge is 0.141 e. The number of rotatable bonds is 1. The largest absolute Gasteiger partial charge is 0.304 e. The quantitative estimate of drug-likeness (QED) is 0.651. The fourth-order valence-corrected chi connectivity index (χ4v) is 1.94. The van der Waals surface area contributed by atoms with Crippen molar-refractivity contribution in [2.24, 2.45) is 0 Å². The predicted molar refractivity (Wildman–Crippen MR) is 65.6 cm³/mol. The summed E-state index contributed by atoms with van der Waals surface area (Å²) in [5.74, 6) is -0.821. The Bertz CT molecular complexity index is 737. The van der Waals surface area contributed by atoms with Gasteiger partial charge < -0.3 is 4.40 Å². The van der Waals surface area contributed by atoms with E-state index in [1.54, 1.807) is 22.7 Å². The standard InChI is InChI=1S/C13H7ClF2N2/c14-10-5-8(1-3-11(10)16)12-7-18-6-9(15)2-4-13(18)17-12/h1-7H. The Morgan fingerprint density at radius 1 is 1.06 bits per heavy atom. The number of imidazole rings is 1. The molecule has 0 saturated heterocycles. The molecule has 0 atom stereocenters. The van der Waals surface area contributed by atoms with E-state index in [9.17, 15) is 8.78 Å². The van der Waals surface area contributed by atoms with Crippen molar-refractivity contribution in [2.75, 3.05) is 0 Å². The Hall–Kier alpha value is -1.94. The van der Waals surface area contributed by atoms with Gasteiger partial charge in [-0.1, -0.05) is 11.6 Å². The first-order valence-electron chi connectivity index (χ1n) is 5.23. The molecule has 18 heavy (non-hydrogen) atoms. The summed E-state index contributed by atoms with van der Waals surface area (Å²) in [5.41, 5.74) is 1.92. The molecule has 0 N–H and O–H groups in total. The number of hydrogen-bond acceptors (Lipinski definition) is 1. The van der Waals surface area contributed by atoms with Crippen LogP contribution in [0.1, 0.15) is 0 Å². The molecule has 2 nitrogen and oxygen atoms in total. The number of nitrogens with zero attached hydrogens (tertiary/aromatic N) is 2. The lowest BCUT2D eigenvalue weighted by Crippen LogP contribution is -1.83. The predicted octanol–water partition coefficient (Wildman–Crippen LogP) is 3.93. The highest BCUT2D eigenvalue weighted by atomic mass is 35.5. The summed E-state index contributed by atoms with van der Waals surface area (Å²) in [6.45, 7) is 0. The minimum atomic E-state index is -0.477. The zero-order valence-electron chi connectivity index (χ0n) is 9.07. The lowest BCUT2D eigenvalue weighted by Gasteiger charge is -1.97. The van der Waals surface area contributed by atoms with Gasteiger partial charge in [0, 0.05) is 18.0 Å². The van der Waals surface area contributed by atoms with Crippen LogP contribution in [0.3, 0.4) is 0 Å². The lowest BCUT2D eigenvalue weighted by molar-refractivity contribution is 0.619. The van der Waals surface area contributed by atoms with Gasteiger partial charge in [-0.15, -0.1) is 0 Å². The summed E-state index contributed by atoms with van der Waals surface area (Å²) < 4.78 is 27.7. The Morgan fingerprint density at radius 3 is 2.67 bits per heavy atom. The summed E-state index contributed by atoms with van der Waals surface area (Å²) in [6, 6.07) is 7.27. The molecule has 1 aromatic carbocycles. The summed E-state index contributed by atoms with van der Waals surface area (Å²) >= 11 is 5.72. The molecule has 0 fully saturated rings. The summed E-state index contributed by atoms with van der Waals surface area (Å²) in [6.07, 6.45) is 3.00. The topological polar surface area (TPSA) is 17.3 Å². The van der Waals surface area contributed by atoms with Crippen molar-refractivity contribution in [3.05, 3.63) is 59.4 Å². The number of benzene rings is 1. The SMILES string of the molecule is Fc1ccc2nc(-c3ccc(F)c(Cl)c3)cn2c1. The molecule has 2 aromatic heterocycles. The Labute approximate surface area is 106 Å². The maximum absolute atomic E-state index is 13.1. The van der Waals surface area contributed by atoms with Crippen LogP contribution in [-0.4, -0.2) is 9.38 Å². The van der Waals surface area contributed by atoms with E-state index >= 15 is 0 Å². The summed E-state index contributed by atoms with van der Waals surface area (Å²) in [4.78, 5) is 4.31. The summed E-state index contributed by atoms with van der Waals surface area (Å²) in [5, 5.41) is 0.0377. The first-order chi connectivity index (χ1) is 8.63. The fourth-order valence-electron chi connectivity index (χ4n) is 1.76. The average molecular weight is 265 g/mol. The molecule has 0 aliphatic rings. The first-order valence-corrected chi connectivity index (χ1v) is 5.61. The van der Waals surface area contributed by atoms with Gasteiger partial charge in [0.2, 0.25) is 0 Å². The van der Waals surface area contributed by atoms with Crippen molar-refractivity contribution in [2.45, 2.75) is 0 Å². The molecule has 0 bridgehead atoms. The third-order valence-corrected chi connectivity index (χ3v) is 2.92. The van der Waals surface area contributed by atoms with Crippen LogP contribution >= 0.6 is 11.6 Å². The molecule has 5 heteroatoms. The normalized spacial score (nSPS) is 11.1. The number of halogens is 3. The maximum Gasteiger partial charge on any atom is 0.141 e. The van der Waals surface area contributed by atoms with Gasteiger partial charge in [0.25, 0.3) is 0 Å². The highest BCUT2D eigenvalue weighted by Gasteiger charge is 2.07.